The Labute approximate surface area is 140 Å². The van der Waals surface area contributed by atoms with E-state index in [4.69, 9.17) is 0 Å². The molecule has 1 heterocycles. The molecule has 0 saturated carbocycles. The number of aryl methyl sites for hydroxylation is 1. The first-order chi connectivity index (χ1) is 11.3. The van der Waals surface area contributed by atoms with Crippen molar-refractivity contribution in [3.8, 4) is 0 Å². The normalized spacial score (nSPS) is 11.4. The molecular weight excluding hydrogens is 326 g/mol. The lowest BCUT2D eigenvalue weighted by Crippen LogP contribution is -2.19. The van der Waals surface area contributed by atoms with Crippen molar-refractivity contribution in [2.24, 2.45) is 7.05 Å². The molecule has 1 aromatic heterocycles. The number of rotatable bonds is 3. The highest BCUT2D eigenvalue weighted by atomic mass is 32.2. The lowest BCUT2D eigenvalue weighted by atomic mass is 10.2. The van der Waals surface area contributed by atoms with Gasteiger partial charge in [0.25, 0.3) is 0 Å². The van der Waals surface area contributed by atoms with Crippen LogP contribution in [-0.2, 0) is 16.9 Å². The van der Waals surface area contributed by atoms with Gasteiger partial charge in [0.15, 0.2) is 9.84 Å². The van der Waals surface area contributed by atoms with E-state index < -0.39 is 15.9 Å². The summed E-state index contributed by atoms with van der Waals surface area (Å²) >= 11 is 0. The zero-order chi connectivity index (χ0) is 17.3. The average molecular weight is 343 g/mol. The lowest BCUT2D eigenvalue weighted by molar-refractivity contribution is 0.262. The van der Waals surface area contributed by atoms with Crippen LogP contribution in [0.1, 0.15) is 0 Å². The number of carbonyl (C=O) groups excluding carboxylic acids is 1. The molecule has 0 aliphatic carbocycles. The summed E-state index contributed by atoms with van der Waals surface area (Å²) in [5.41, 5.74) is 2.07. The Hall–Kier alpha value is -2.80. The Morgan fingerprint density at radius 3 is 2.42 bits per heavy atom. The van der Waals surface area contributed by atoms with Crippen LogP contribution in [0.2, 0.25) is 0 Å². The predicted octanol–water partition coefficient (Wildman–Crippen LogP) is 3.23. The van der Waals surface area contributed by atoms with Gasteiger partial charge in [-0.1, -0.05) is 12.1 Å². The van der Waals surface area contributed by atoms with Gasteiger partial charge < -0.3 is 15.2 Å². The van der Waals surface area contributed by atoms with E-state index in [0.29, 0.717) is 11.4 Å². The molecule has 0 saturated heterocycles. The number of anilines is 2. The smallest absolute Gasteiger partial charge is 0.323 e. The second-order valence-corrected chi connectivity index (χ2v) is 7.60. The van der Waals surface area contributed by atoms with E-state index in [0.717, 1.165) is 17.2 Å². The lowest BCUT2D eigenvalue weighted by Gasteiger charge is -2.09. The van der Waals surface area contributed by atoms with Crippen LogP contribution in [0.4, 0.5) is 16.2 Å². The van der Waals surface area contributed by atoms with Gasteiger partial charge in [-0.05, 0) is 41.8 Å². The van der Waals surface area contributed by atoms with E-state index in [1.54, 1.807) is 12.1 Å². The van der Waals surface area contributed by atoms with Crippen LogP contribution >= 0.6 is 0 Å². The standard InChI is InChI=1S/C17H17N3O3S/c1-20-9-8-12-6-7-14(11-16(12)20)19-17(21)18-13-4-3-5-15(10-13)24(2,22)23/h3-11H,1-2H3,(H2,18,19,21). The highest BCUT2D eigenvalue weighted by Crippen LogP contribution is 2.20. The van der Waals surface area contributed by atoms with Gasteiger partial charge in [-0.25, -0.2) is 13.2 Å². The highest BCUT2D eigenvalue weighted by molar-refractivity contribution is 7.90. The molecule has 2 aromatic carbocycles. The van der Waals surface area contributed by atoms with Gasteiger partial charge in [0.05, 0.1) is 4.90 Å². The number of carbonyl (C=O) groups is 1. The van der Waals surface area contributed by atoms with Crippen LogP contribution in [0.3, 0.4) is 0 Å². The summed E-state index contributed by atoms with van der Waals surface area (Å²) in [7, 11) is -1.38. The molecule has 0 radical (unpaired) electrons. The van der Waals surface area contributed by atoms with E-state index in [1.807, 2.05) is 42.1 Å². The third-order valence-corrected chi connectivity index (χ3v) is 4.78. The number of aromatic nitrogens is 1. The zero-order valence-corrected chi connectivity index (χ0v) is 14.1. The fraction of sp³-hybridized carbons (Fsp3) is 0.118. The number of fused-ring (bicyclic) bond motifs is 1. The van der Waals surface area contributed by atoms with Crippen molar-refractivity contribution >= 4 is 38.1 Å². The number of hydrogen-bond donors (Lipinski definition) is 2. The molecule has 2 amide bonds. The maximum absolute atomic E-state index is 12.1. The maximum atomic E-state index is 12.1. The van der Waals surface area contributed by atoms with Crippen molar-refractivity contribution in [3.63, 3.8) is 0 Å². The number of sulfone groups is 1. The third kappa shape index (κ3) is 3.41. The fourth-order valence-corrected chi connectivity index (χ4v) is 3.10. The molecule has 3 rings (SSSR count). The van der Waals surface area contributed by atoms with Gasteiger partial charge in [0, 0.05) is 36.4 Å². The summed E-state index contributed by atoms with van der Waals surface area (Å²) in [6.45, 7) is 0. The van der Waals surface area contributed by atoms with Gasteiger partial charge >= 0.3 is 6.03 Å². The summed E-state index contributed by atoms with van der Waals surface area (Å²) in [6, 6.07) is 13.3. The summed E-state index contributed by atoms with van der Waals surface area (Å²) in [5.74, 6) is 0. The first-order valence-electron chi connectivity index (χ1n) is 7.26. The fourth-order valence-electron chi connectivity index (χ4n) is 2.44. The second kappa shape index (κ2) is 6.01. The molecule has 124 valence electrons. The van der Waals surface area contributed by atoms with Crippen LogP contribution in [0.25, 0.3) is 10.9 Å². The van der Waals surface area contributed by atoms with E-state index >= 15 is 0 Å². The molecule has 3 aromatic rings. The Morgan fingerprint density at radius 1 is 1.00 bits per heavy atom. The summed E-state index contributed by atoms with van der Waals surface area (Å²) in [6.07, 6.45) is 3.08. The van der Waals surface area contributed by atoms with Crippen LogP contribution in [0.5, 0.6) is 0 Å². The predicted molar refractivity (Wildman–Crippen MR) is 95.1 cm³/mol. The highest BCUT2D eigenvalue weighted by Gasteiger charge is 2.09. The Kier molecular flexibility index (Phi) is 4.02. The van der Waals surface area contributed by atoms with Crippen LogP contribution in [-0.4, -0.2) is 25.3 Å². The van der Waals surface area contributed by atoms with Crippen LogP contribution < -0.4 is 10.6 Å². The van der Waals surface area contributed by atoms with Crippen molar-refractivity contribution in [1.29, 1.82) is 0 Å². The molecule has 24 heavy (non-hydrogen) atoms. The van der Waals surface area contributed by atoms with E-state index in [2.05, 4.69) is 10.6 Å². The summed E-state index contributed by atoms with van der Waals surface area (Å²) in [5, 5.41) is 6.47. The number of nitrogens with zero attached hydrogens (tertiary/aromatic N) is 1. The molecular formula is C17H17N3O3S. The van der Waals surface area contributed by atoms with E-state index in [-0.39, 0.29) is 4.90 Å². The largest absolute Gasteiger partial charge is 0.350 e. The zero-order valence-electron chi connectivity index (χ0n) is 13.3. The topological polar surface area (TPSA) is 80.2 Å². The first-order valence-corrected chi connectivity index (χ1v) is 9.15. The molecule has 2 N–H and O–H groups in total. The monoisotopic (exact) mass is 343 g/mol. The number of urea groups is 1. The minimum atomic E-state index is -3.32. The Morgan fingerprint density at radius 2 is 1.71 bits per heavy atom. The SMILES string of the molecule is Cn1ccc2ccc(NC(=O)Nc3cccc(S(C)(=O)=O)c3)cc21. The van der Waals surface area contributed by atoms with Crippen molar-refractivity contribution in [3.05, 3.63) is 54.7 Å². The molecule has 0 spiro atoms. The third-order valence-electron chi connectivity index (χ3n) is 3.67. The van der Waals surface area contributed by atoms with Gasteiger partial charge in [-0.15, -0.1) is 0 Å². The number of hydrogen-bond acceptors (Lipinski definition) is 3. The number of amides is 2. The molecule has 0 atom stereocenters. The molecule has 0 unspecified atom stereocenters. The number of nitrogens with one attached hydrogen (secondary N) is 2. The maximum Gasteiger partial charge on any atom is 0.323 e. The van der Waals surface area contributed by atoms with E-state index in [9.17, 15) is 13.2 Å². The van der Waals surface area contributed by atoms with Crippen molar-refractivity contribution in [1.82, 2.24) is 4.57 Å². The van der Waals surface area contributed by atoms with Gasteiger partial charge in [0.2, 0.25) is 0 Å². The van der Waals surface area contributed by atoms with Crippen molar-refractivity contribution in [2.75, 3.05) is 16.9 Å². The molecule has 6 nitrogen and oxygen atoms in total. The molecule has 0 fully saturated rings. The molecule has 0 aliphatic rings. The van der Waals surface area contributed by atoms with Crippen LogP contribution in [0, 0.1) is 0 Å². The van der Waals surface area contributed by atoms with Gasteiger partial charge in [0.1, 0.15) is 0 Å². The molecule has 0 bridgehead atoms. The van der Waals surface area contributed by atoms with Crippen molar-refractivity contribution < 1.29 is 13.2 Å². The average Bonchev–Trinajstić information content (AvgIpc) is 2.88. The quantitative estimate of drug-likeness (QED) is 0.766. The summed E-state index contributed by atoms with van der Waals surface area (Å²) < 4.78 is 25.1. The molecule has 7 heteroatoms. The summed E-state index contributed by atoms with van der Waals surface area (Å²) in [4.78, 5) is 12.3. The minimum absolute atomic E-state index is 0.158. The second-order valence-electron chi connectivity index (χ2n) is 5.58. The minimum Gasteiger partial charge on any atom is -0.350 e. The van der Waals surface area contributed by atoms with Crippen molar-refractivity contribution in [2.45, 2.75) is 4.90 Å². The van der Waals surface area contributed by atoms with Gasteiger partial charge in [-0.3, -0.25) is 0 Å². The van der Waals surface area contributed by atoms with Gasteiger partial charge in [-0.2, -0.15) is 0 Å². The Bertz CT molecular complexity index is 1020. The van der Waals surface area contributed by atoms with E-state index in [1.165, 1.54) is 12.1 Å². The Balaban J connectivity index is 1.76. The number of benzene rings is 2. The first kappa shape index (κ1) is 16.1. The van der Waals surface area contributed by atoms with Crippen LogP contribution in [0.15, 0.2) is 59.6 Å². The molecule has 0 aliphatic heterocycles.